The first-order valence-corrected chi connectivity index (χ1v) is 5.08. The van der Waals surface area contributed by atoms with Gasteiger partial charge in [-0.25, -0.2) is 9.97 Å². The van der Waals surface area contributed by atoms with E-state index < -0.39 is 5.97 Å². The van der Waals surface area contributed by atoms with Gasteiger partial charge in [0.15, 0.2) is 0 Å². The number of carbonyl (C=O) groups is 1. The molecule has 0 saturated heterocycles. The summed E-state index contributed by atoms with van der Waals surface area (Å²) in [5.74, 6) is -0.608. The Bertz CT molecular complexity index is 528. The number of aliphatic carboxylic acids is 1. The van der Waals surface area contributed by atoms with Gasteiger partial charge in [-0.3, -0.25) is 4.79 Å². The molecule has 0 spiro atoms. The number of carboxylic acids is 1. The van der Waals surface area contributed by atoms with E-state index in [0.29, 0.717) is 5.82 Å². The maximum Gasteiger partial charge on any atom is 0.311 e. The number of hydrogen-bond acceptors (Lipinski definition) is 3. The van der Waals surface area contributed by atoms with Crippen LogP contribution in [0.4, 0.5) is 0 Å². The number of nitrogens with zero attached hydrogens (tertiary/aromatic N) is 2. The highest BCUT2D eigenvalue weighted by atomic mass is 79.9. The van der Waals surface area contributed by atoms with Crippen molar-refractivity contribution in [3.05, 3.63) is 34.7 Å². The van der Waals surface area contributed by atoms with Gasteiger partial charge in [-0.1, -0.05) is 12.1 Å². The fourth-order valence-electron chi connectivity index (χ4n) is 1.28. The molecule has 5 heteroatoms. The van der Waals surface area contributed by atoms with E-state index in [1.807, 2.05) is 18.2 Å². The van der Waals surface area contributed by atoms with E-state index in [9.17, 15) is 4.79 Å². The molecule has 2 rings (SSSR count). The van der Waals surface area contributed by atoms with Crippen LogP contribution in [-0.2, 0) is 11.2 Å². The number of fused-ring (bicyclic) bond motifs is 1. The first kappa shape index (κ1) is 10.0. The summed E-state index contributed by atoms with van der Waals surface area (Å²) >= 11 is 3.36. The van der Waals surface area contributed by atoms with E-state index in [1.165, 1.54) is 0 Å². The van der Waals surface area contributed by atoms with Crippen LogP contribution in [0, 0.1) is 0 Å². The van der Waals surface area contributed by atoms with Crippen LogP contribution in [0.3, 0.4) is 0 Å². The van der Waals surface area contributed by atoms with Crippen LogP contribution in [0.2, 0.25) is 0 Å². The van der Waals surface area contributed by atoms with Gasteiger partial charge >= 0.3 is 5.97 Å². The third-order valence-corrected chi connectivity index (χ3v) is 2.56. The molecule has 1 aromatic heterocycles. The van der Waals surface area contributed by atoms with E-state index in [2.05, 4.69) is 25.9 Å². The minimum Gasteiger partial charge on any atom is -0.481 e. The fraction of sp³-hybridized carbons (Fsp3) is 0.100. The lowest BCUT2D eigenvalue weighted by Gasteiger charge is -2.01. The third kappa shape index (κ3) is 2.12. The number of carboxylic acid groups (broad SMARTS) is 1. The molecule has 0 aliphatic heterocycles. The second-order valence-corrected chi connectivity index (χ2v) is 3.89. The largest absolute Gasteiger partial charge is 0.481 e. The zero-order valence-electron chi connectivity index (χ0n) is 7.64. The summed E-state index contributed by atoms with van der Waals surface area (Å²) in [4.78, 5) is 18.6. The molecular formula is C10H7BrN2O2. The monoisotopic (exact) mass is 266 g/mol. The van der Waals surface area contributed by atoms with Crippen molar-refractivity contribution >= 4 is 32.8 Å². The minimum absolute atomic E-state index is 0.155. The lowest BCUT2D eigenvalue weighted by atomic mass is 10.2. The van der Waals surface area contributed by atoms with Gasteiger partial charge in [-0.05, 0) is 22.0 Å². The SMILES string of the molecule is O=C(O)Cc1ncc2cccc(Br)c2n1. The fourth-order valence-corrected chi connectivity index (χ4v) is 1.75. The van der Waals surface area contributed by atoms with Gasteiger partial charge in [0.1, 0.15) is 12.2 Å². The maximum atomic E-state index is 10.5. The first-order valence-electron chi connectivity index (χ1n) is 4.29. The van der Waals surface area contributed by atoms with Crippen LogP contribution >= 0.6 is 15.9 Å². The summed E-state index contributed by atoms with van der Waals surface area (Å²) < 4.78 is 0.842. The molecule has 2 aromatic rings. The van der Waals surface area contributed by atoms with Crippen molar-refractivity contribution < 1.29 is 9.90 Å². The quantitative estimate of drug-likeness (QED) is 0.904. The Morgan fingerprint density at radius 3 is 3.00 bits per heavy atom. The molecule has 15 heavy (non-hydrogen) atoms. The van der Waals surface area contributed by atoms with Crippen LogP contribution in [0.5, 0.6) is 0 Å². The van der Waals surface area contributed by atoms with Crippen LogP contribution < -0.4 is 0 Å². The molecule has 4 nitrogen and oxygen atoms in total. The summed E-state index contributed by atoms with van der Waals surface area (Å²) in [5, 5.41) is 9.50. The van der Waals surface area contributed by atoms with E-state index >= 15 is 0 Å². The second kappa shape index (κ2) is 3.94. The van der Waals surface area contributed by atoms with E-state index in [1.54, 1.807) is 6.20 Å². The van der Waals surface area contributed by atoms with Crippen molar-refractivity contribution in [1.29, 1.82) is 0 Å². The Labute approximate surface area is 94.1 Å². The molecule has 0 aliphatic carbocycles. The second-order valence-electron chi connectivity index (χ2n) is 3.03. The summed E-state index contributed by atoms with van der Waals surface area (Å²) in [5.41, 5.74) is 0.740. The molecule has 1 aromatic carbocycles. The standard InChI is InChI=1S/C10H7BrN2O2/c11-7-3-1-2-6-5-12-8(4-9(14)15)13-10(6)7/h1-3,5H,4H2,(H,14,15). The zero-order chi connectivity index (χ0) is 10.8. The van der Waals surface area contributed by atoms with Gasteiger partial charge in [0.2, 0.25) is 0 Å². The normalized spacial score (nSPS) is 10.5. The molecule has 0 aliphatic rings. The highest BCUT2D eigenvalue weighted by Gasteiger charge is 2.06. The molecule has 0 atom stereocenters. The van der Waals surface area contributed by atoms with Gasteiger partial charge in [-0.15, -0.1) is 0 Å². The van der Waals surface area contributed by atoms with Crippen molar-refractivity contribution in [2.45, 2.75) is 6.42 Å². The van der Waals surface area contributed by atoms with Crippen molar-refractivity contribution in [1.82, 2.24) is 9.97 Å². The molecule has 0 amide bonds. The molecule has 0 radical (unpaired) electrons. The van der Waals surface area contributed by atoms with Crippen molar-refractivity contribution in [2.75, 3.05) is 0 Å². The number of halogens is 1. The Morgan fingerprint density at radius 1 is 1.47 bits per heavy atom. The van der Waals surface area contributed by atoms with Gasteiger partial charge in [0.05, 0.1) is 5.52 Å². The number of rotatable bonds is 2. The van der Waals surface area contributed by atoms with E-state index in [0.717, 1.165) is 15.4 Å². The van der Waals surface area contributed by atoms with Crippen molar-refractivity contribution in [2.24, 2.45) is 0 Å². The molecule has 0 bridgehead atoms. The summed E-state index contributed by atoms with van der Waals surface area (Å²) in [6.45, 7) is 0. The maximum absolute atomic E-state index is 10.5. The predicted molar refractivity (Wildman–Crippen MR) is 58.6 cm³/mol. The minimum atomic E-state index is -0.929. The van der Waals surface area contributed by atoms with Crippen LogP contribution in [-0.4, -0.2) is 21.0 Å². The molecule has 0 saturated carbocycles. The average Bonchev–Trinajstić information content (AvgIpc) is 2.18. The van der Waals surface area contributed by atoms with E-state index in [-0.39, 0.29) is 6.42 Å². The Balaban J connectivity index is 2.54. The highest BCUT2D eigenvalue weighted by Crippen LogP contribution is 2.20. The van der Waals surface area contributed by atoms with Gasteiger partial charge in [-0.2, -0.15) is 0 Å². The van der Waals surface area contributed by atoms with Gasteiger partial charge in [0, 0.05) is 16.1 Å². The lowest BCUT2D eigenvalue weighted by molar-refractivity contribution is -0.136. The average molecular weight is 267 g/mol. The predicted octanol–water partition coefficient (Wildman–Crippen LogP) is 2.02. The van der Waals surface area contributed by atoms with Crippen molar-refractivity contribution in [3.63, 3.8) is 0 Å². The van der Waals surface area contributed by atoms with Crippen molar-refractivity contribution in [3.8, 4) is 0 Å². The van der Waals surface area contributed by atoms with Gasteiger partial charge in [0.25, 0.3) is 0 Å². The third-order valence-electron chi connectivity index (χ3n) is 1.92. The Morgan fingerprint density at radius 2 is 2.27 bits per heavy atom. The van der Waals surface area contributed by atoms with Crippen LogP contribution in [0.1, 0.15) is 5.82 Å². The van der Waals surface area contributed by atoms with Gasteiger partial charge < -0.3 is 5.11 Å². The zero-order valence-corrected chi connectivity index (χ0v) is 9.23. The molecular weight excluding hydrogens is 260 g/mol. The smallest absolute Gasteiger partial charge is 0.311 e. The molecule has 0 fully saturated rings. The highest BCUT2D eigenvalue weighted by molar-refractivity contribution is 9.10. The number of benzene rings is 1. The number of aromatic nitrogens is 2. The topological polar surface area (TPSA) is 63.1 Å². The summed E-state index contributed by atoms with van der Waals surface area (Å²) in [6.07, 6.45) is 1.47. The summed E-state index contributed by atoms with van der Waals surface area (Å²) in [6, 6.07) is 5.62. The Hall–Kier alpha value is -1.49. The Kier molecular flexibility index (Phi) is 2.64. The molecule has 76 valence electrons. The van der Waals surface area contributed by atoms with Crippen LogP contribution in [0.15, 0.2) is 28.9 Å². The first-order chi connectivity index (χ1) is 7.16. The molecule has 0 unspecified atom stereocenters. The molecule has 1 heterocycles. The number of para-hydroxylation sites is 1. The van der Waals surface area contributed by atoms with Crippen LogP contribution in [0.25, 0.3) is 10.9 Å². The number of hydrogen-bond donors (Lipinski definition) is 1. The van der Waals surface area contributed by atoms with E-state index in [4.69, 9.17) is 5.11 Å². The summed E-state index contributed by atoms with van der Waals surface area (Å²) in [7, 11) is 0. The lowest BCUT2D eigenvalue weighted by Crippen LogP contribution is -2.04. The molecule has 1 N–H and O–H groups in total.